The highest BCUT2D eigenvalue weighted by molar-refractivity contribution is 7.16. The first kappa shape index (κ1) is 14.5. The standard InChI is InChI=1S/C15H22N4OS/c1-4-6-16-15-17-13(12-5-7-21-14(12)18-15)19-8-11(3)20-9-10(19)2/h5,7,10-11H,4,6,8-9H2,1-3H3,(H,16,17,18). The number of hydrogen-bond donors (Lipinski definition) is 1. The van der Waals surface area contributed by atoms with Crippen molar-refractivity contribution in [1.29, 1.82) is 0 Å². The smallest absolute Gasteiger partial charge is 0.226 e. The van der Waals surface area contributed by atoms with Crippen molar-refractivity contribution in [3.63, 3.8) is 0 Å². The highest BCUT2D eigenvalue weighted by atomic mass is 32.1. The van der Waals surface area contributed by atoms with Crippen molar-refractivity contribution in [2.45, 2.75) is 39.3 Å². The Kier molecular flexibility index (Phi) is 4.26. The van der Waals surface area contributed by atoms with Crippen LogP contribution in [0.2, 0.25) is 0 Å². The van der Waals surface area contributed by atoms with Gasteiger partial charge in [-0.2, -0.15) is 4.98 Å². The summed E-state index contributed by atoms with van der Waals surface area (Å²) in [6.07, 6.45) is 1.29. The Labute approximate surface area is 129 Å². The van der Waals surface area contributed by atoms with Crippen molar-refractivity contribution in [2.75, 3.05) is 29.9 Å². The Morgan fingerprint density at radius 1 is 1.43 bits per heavy atom. The molecule has 1 saturated heterocycles. The second-order valence-corrected chi connectivity index (χ2v) is 6.48. The Hall–Kier alpha value is -1.40. The van der Waals surface area contributed by atoms with E-state index in [2.05, 4.69) is 47.4 Å². The Morgan fingerprint density at radius 3 is 3.10 bits per heavy atom. The molecule has 2 atom stereocenters. The monoisotopic (exact) mass is 306 g/mol. The van der Waals surface area contributed by atoms with E-state index in [1.54, 1.807) is 11.3 Å². The summed E-state index contributed by atoms with van der Waals surface area (Å²) in [5.41, 5.74) is 0. The number of thiophene rings is 1. The van der Waals surface area contributed by atoms with Gasteiger partial charge in [-0.25, -0.2) is 4.98 Å². The van der Waals surface area contributed by atoms with E-state index in [1.165, 1.54) is 0 Å². The molecule has 0 amide bonds. The molecule has 5 nitrogen and oxygen atoms in total. The molecule has 0 aliphatic carbocycles. The molecular weight excluding hydrogens is 284 g/mol. The first-order valence-electron chi connectivity index (χ1n) is 7.56. The normalized spacial score (nSPS) is 22.7. The molecule has 2 unspecified atom stereocenters. The quantitative estimate of drug-likeness (QED) is 0.940. The van der Waals surface area contributed by atoms with Gasteiger partial charge < -0.3 is 15.0 Å². The molecule has 2 aromatic rings. The maximum Gasteiger partial charge on any atom is 0.226 e. The summed E-state index contributed by atoms with van der Waals surface area (Å²) in [4.78, 5) is 12.8. The lowest BCUT2D eigenvalue weighted by atomic mass is 10.2. The number of rotatable bonds is 4. The van der Waals surface area contributed by atoms with Crippen molar-refractivity contribution < 1.29 is 4.74 Å². The summed E-state index contributed by atoms with van der Waals surface area (Å²) >= 11 is 1.67. The lowest BCUT2D eigenvalue weighted by Crippen LogP contribution is -2.47. The number of nitrogens with zero attached hydrogens (tertiary/aromatic N) is 3. The number of aromatic nitrogens is 2. The van der Waals surface area contributed by atoms with E-state index in [-0.39, 0.29) is 6.10 Å². The first-order valence-corrected chi connectivity index (χ1v) is 8.44. The third-order valence-electron chi connectivity index (χ3n) is 3.72. The van der Waals surface area contributed by atoms with Crippen LogP contribution in [0.1, 0.15) is 27.2 Å². The fraction of sp³-hybridized carbons (Fsp3) is 0.600. The SMILES string of the molecule is CCCNc1nc(N2CC(C)OCC2C)c2ccsc2n1. The van der Waals surface area contributed by atoms with Crippen LogP contribution >= 0.6 is 11.3 Å². The number of fused-ring (bicyclic) bond motifs is 1. The molecule has 21 heavy (non-hydrogen) atoms. The van der Waals surface area contributed by atoms with Gasteiger partial charge in [-0.05, 0) is 31.7 Å². The van der Waals surface area contributed by atoms with Crippen LogP contribution in [0, 0.1) is 0 Å². The molecule has 6 heteroatoms. The second kappa shape index (κ2) is 6.15. The van der Waals surface area contributed by atoms with Crippen LogP contribution in [0.5, 0.6) is 0 Å². The lowest BCUT2D eigenvalue weighted by Gasteiger charge is -2.38. The first-order chi connectivity index (χ1) is 10.2. The van der Waals surface area contributed by atoms with Crippen LogP contribution in [-0.2, 0) is 4.74 Å². The summed E-state index contributed by atoms with van der Waals surface area (Å²) in [6.45, 7) is 8.95. The molecule has 114 valence electrons. The average Bonchev–Trinajstić information content (AvgIpc) is 2.95. The molecular formula is C15H22N4OS. The highest BCUT2D eigenvalue weighted by Crippen LogP contribution is 2.31. The molecule has 1 N–H and O–H groups in total. The Balaban J connectivity index is 2.00. The van der Waals surface area contributed by atoms with Crippen LogP contribution in [0.3, 0.4) is 0 Å². The van der Waals surface area contributed by atoms with E-state index in [0.717, 1.165) is 48.1 Å². The fourth-order valence-corrected chi connectivity index (χ4v) is 3.33. The fourth-order valence-electron chi connectivity index (χ4n) is 2.57. The molecule has 3 heterocycles. The molecule has 1 fully saturated rings. The predicted molar refractivity (Wildman–Crippen MR) is 88.4 cm³/mol. The number of anilines is 2. The molecule has 0 spiro atoms. The largest absolute Gasteiger partial charge is 0.375 e. The molecule has 3 rings (SSSR count). The van der Waals surface area contributed by atoms with Crippen LogP contribution in [0.15, 0.2) is 11.4 Å². The number of ether oxygens (including phenoxy) is 1. The summed E-state index contributed by atoms with van der Waals surface area (Å²) in [5.74, 6) is 1.76. The summed E-state index contributed by atoms with van der Waals surface area (Å²) in [6, 6.07) is 2.45. The predicted octanol–water partition coefficient (Wildman–Crippen LogP) is 3.13. The minimum atomic E-state index is 0.233. The summed E-state index contributed by atoms with van der Waals surface area (Å²) in [7, 11) is 0. The van der Waals surface area contributed by atoms with Gasteiger partial charge in [0.2, 0.25) is 5.95 Å². The van der Waals surface area contributed by atoms with E-state index in [9.17, 15) is 0 Å². The van der Waals surface area contributed by atoms with Crippen molar-refractivity contribution in [2.24, 2.45) is 0 Å². The van der Waals surface area contributed by atoms with Crippen LogP contribution in [0.4, 0.5) is 11.8 Å². The van der Waals surface area contributed by atoms with E-state index >= 15 is 0 Å². The van der Waals surface area contributed by atoms with Gasteiger partial charge in [-0.15, -0.1) is 11.3 Å². The Bertz CT molecular complexity index is 615. The zero-order chi connectivity index (χ0) is 14.8. The molecule has 1 aliphatic rings. The van der Waals surface area contributed by atoms with Gasteiger partial charge in [0, 0.05) is 13.1 Å². The van der Waals surface area contributed by atoms with E-state index in [0.29, 0.717) is 6.04 Å². The van der Waals surface area contributed by atoms with Crippen LogP contribution in [0.25, 0.3) is 10.2 Å². The second-order valence-electron chi connectivity index (χ2n) is 5.58. The van der Waals surface area contributed by atoms with Crippen molar-refractivity contribution in [3.8, 4) is 0 Å². The minimum Gasteiger partial charge on any atom is -0.375 e. The maximum absolute atomic E-state index is 5.73. The van der Waals surface area contributed by atoms with Gasteiger partial charge in [0.15, 0.2) is 0 Å². The third-order valence-corrected chi connectivity index (χ3v) is 4.52. The van der Waals surface area contributed by atoms with E-state index in [1.807, 2.05) is 0 Å². The van der Waals surface area contributed by atoms with Gasteiger partial charge in [0.05, 0.1) is 24.1 Å². The van der Waals surface area contributed by atoms with Gasteiger partial charge in [-0.1, -0.05) is 6.92 Å². The van der Waals surface area contributed by atoms with E-state index < -0.39 is 0 Å². The van der Waals surface area contributed by atoms with Crippen molar-refractivity contribution in [3.05, 3.63) is 11.4 Å². The zero-order valence-electron chi connectivity index (χ0n) is 12.8. The Morgan fingerprint density at radius 2 is 2.29 bits per heavy atom. The summed E-state index contributed by atoms with van der Waals surface area (Å²) < 4.78 is 5.73. The van der Waals surface area contributed by atoms with Gasteiger partial charge in [0.25, 0.3) is 0 Å². The van der Waals surface area contributed by atoms with Gasteiger partial charge in [-0.3, -0.25) is 0 Å². The molecule has 0 bridgehead atoms. The molecule has 0 aromatic carbocycles. The van der Waals surface area contributed by atoms with Crippen LogP contribution < -0.4 is 10.2 Å². The van der Waals surface area contributed by atoms with Crippen molar-refractivity contribution in [1.82, 2.24) is 9.97 Å². The zero-order valence-corrected chi connectivity index (χ0v) is 13.6. The lowest BCUT2D eigenvalue weighted by molar-refractivity contribution is 0.0342. The third kappa shape index (κ3) is 2.96. The number of nitrogens with one attached hydrogen (secondary N) is 1. The summed E-state index contributed by atoms with van der Waals surface area (Å²) in [5, 5.41) is 6.53. The average molecular weight is 306 g/mol. The van der Waals surface area contributed by atoms with Crippen LogP contribution in [-0.4, -0.2) is 41.8 Å². The molecule has 1 aliphatic heterocycles. The minimum absolute atomic E-state index is 0.233. The van der Waals surface area contributed by atoms with Gasteiger partial charge in [0.1, 0.15) is 10.6 Å². The highest BCUT2D eigenvalue weighted by Gasteiger charge is 2.26. The maximum atomic E-state index is 5.73. The number of morpholine rings is 1. The topological polar surface area (TPSA) is 50.3 Å². The molecule has 0 saturated carbocycles. The molecule has 0 radical (unpaired) electrons. The molecule has 2 aromatic heterocycles. The van der Waals surface area contributed by atoms with Crippen molar-refractivity contribution >= 4 is 33.3 Å². The van der Waals surface area contributed by atoms with Gasteiger partial charge >= 0.3 is 0 Å². The number of hydrogen-bond acceptors (Lipinski definition) is 6. The van der Waals surface area contributed by atoms with E-state index in [4.69, 9.17) is 9.72 Å².